The van der Waals surface area contributed by atoms with Gasteiger partial charge in [-0.05, 0) is 6.92 Å². The zero-order chi connectivity index (χ0) is 16.1. The molecule has 0 aliphatic heterocycles. The van der Waals surface area contributed by atoms with Gasteiger partial charge < -0.3 is 0 Å². The third-order valence-corrected chi connectivity index (χ3v) is 18.1. The highest BCUT2D eigenvalue weighted by Crippen LogP contribution is 2.26. The fraction of sp³-hybridized carbons (Fsp3) is 0.684. The zero-order valence-electron chi connectivity index (χ0n) is 15.5. The van der Waals surface area contributed by atoms with Gasteiger partial charge in [-0.2, -0.15) is 0 Å². The standard InChI is InChI=1S/C19H36Si2/c1-8-20(9-2,10-3)18-16-14-15-17(7)19(18)21(11-4,12-5)13-6/h14-16H,8-13H2,1-7H3. The molecule has 0 aliphatic rings. The van der Waals surface area contributed by atoms with Gasteiger partial charge in [-0.25, -0.2) is 0 Å². The molecule has 0 bridgehead atoms. The third kappa shape index (κ3) is 3.21. The summed E-state index contributed by atoms with van der Waals surface area (Å²) in [6.07, 6.45) is 0. The average Bonchev–Trinajstić information content (AvgIpc) is 2.53. The van der Waals surface area contributed by atoms with Crippen LogP contribution in [0.5, 0.6) is 0 Å². The van der Waals surface area contributed by atoms with Crippen molar-refractivity contribution in [3.63, 3.8) is 0 Å². The maximum atomic E-state index is 2.52. The van der Waals surface area contributed by atoms with Gasteiger partial charge in [0.05, 0.1) is 16.1 Å². The molecule has 0 fully saturated rings. The van der Waals surface area contributed by atoms with Crippen LogP contribution in [0.15, 0.2) is 18.2 Å². The molecule has 0 spiro atoms. The summed E-state index contributed by atoms with van der Waals surface area (Å²) in [5.41, 5.74) is 1.59. The summed E-state index contributed by atoms with van der Waals surface area (Å²) in [4.78, 5) is 0. The lowest BCUT2D eigenvalue weighted by Gasteiger charge is -2.39. The van der Waals surface area contributed by atoms with Crippen molar-refractivity contribution in [2.24, 2.45) is 0 Å². The Morgan fingerprint density at radius 2 is 1.10 bits per heavy atom. The highest BCUT2D eigenvalue weighted by molar-refractivity contribution is 7.01. The monoisotopic (exact) mass is 320 g/mol. The van der Waals surface area contributed by atoms with Gasteiger partial charge in [0.1, 0.15) is 0 Å². The highest BCUT2D eigenvalue weighted by atomic mass is 28.3. The number of rotatable bonds is 8. The molecular weight excluding hydrogens is 284 g/mol. The van der Waals surface area contributed by atoms with E-state index in [4.69, 9.17) is 0 Å². The van der Waals surface area contributed by atoms with E-state index in [0.717, 1.165) is 0 Å². The Morgan fingerprint density at radius 3 is 1.48 bits per heavy atom. The molecule has 21 heavy (non-hydrogen) atoms. The molecule has 120 valence electrons. The Bertz CT molecular complexity index is 426. The predicted octanol–water partition coefficient (Wildman–Crippen LogP) is 5.43. The minimum absolute atomic E-state index is 1.29. The van der Waals surface area contributed by atoms with Gasteiger partial charge in [0.15, 0.2) is 0 Å². The molecule has 0 amide bonds. The molecule has 2 heteroatoms. The summed E-state index contributed by atoms with van der Waals surface area (Å²) in [5, 5.41) is 3.71. The molecule has 0 unspecified atom stereocenters. The van der Waals surface area contributed by atoms with E-state index in [9.17, 15) is 0 Å². The van der Waals surface area contributed by atoms with E-state index >= 15 is 0 Å². The van der Waals surface area contributed by atoms with Gasteiger partial charge in [0, 0.05) is 0 Å². The first-order chi connectivity index (χ1) is 10.0. The molecule has 0 radical (unpaired) electrons. The van der Waals surface area contributed by atoms with Crippen LogP contribution < -0.4 is 10.4 Å². The van der Waals surface area contributed by atoms with Crippen molar-refractivity contribution >= 4 is 26.5 Å². The van der Waals surface area contributed by atoms with Crippen LogP contribution in [-0.2, 0) is 0 Å². The van der Waals surface area contributed by atoms with Crippen LogP contribution in [0.2, 0.25) is 36.3 Å². The molecule has 0 atom stereocenters. The fourth-order valence-corrected chi connectivity index (χ4v) is 14.0. The quantitative estimate of drug-likeness (QED) is 0.561. The maximum Gasteiger partial charge on any atom is 0.0861 e. The van der Waals surface area contributed by atoms with Crippen molar-refractivity contribution in [2.75, 3.05) is 0 Å². The van der Waals surface area contributed by atoms with E-state index in [1.165, 1.54) is 36.3 Å². The first-order valence-corrected chi connectivity index (χ1v) is 14.4. The summed E-state index contributed by atoms with van der Waals surface area (Å²) < 4.78 is 0. The second-order valence-corrected chi connectivity index (χ2v) is 17.1. The largest absolute Gasteiger partial charge is 0.0861 e. The van der Waals surface area contributed by atoms with E-state index in [1.54, 1.807) is 5.56 Å². The molecule has 0 saturated carbocycles. The summed E-state index contributed by atoms with van der Waals surface area (Å²) in [7, 11) is -2.60. The normalized spacial score (nSPS) is 12.7. The van der Waals surface area contributed by atoms with E-state index < -0.39 is 16.1 Å². The van der Waals surface area contributed by atoms with Gasteiger partial charge in [0.25, 0.3) is 0 Å². The predicted molar refractivity (Wildman–Crippen MR) is 105 cm³/mol. The smallest absolute Gasteiger partial charge is 0.0675 e. The Kier molecular flexibility index (Phi) is 6.93. The fourth-order valence-electron chi connectivity index (χ4n) is 4.42. The Balaban J connectivity index is 3.66. The molecule has 1 aromatic rings. The molecule has 0 nitrogen and oxygen atoms in total. The first kappa shape index (κ1) is 18.7. The maximum absolute atomic E-state index is 2.52. The summed E-state index contributed by atoms with van der Waals surface area (Å²) >= 11 is 0. The van der Waals surface area contributed by atoms with Gasteiger partial charge in [0.2, 0.25) is 0 Å². The Morgan fingerprint density at radius 1 is 0.667 bits per heavy atom. The summed E-state index contributed by atoms with van der Waals surface area (Å²) in [5.74, 6) is 0. The van der Waals surface area contributed by atoms with E-state index in [2.05, 4.69) is 66.7 Å². The average molecular weight is 321 g/mol. The lowest BCUT2D eigenvalue weighted by atomic mass is 10.2. The van der Waals surface area contributed by atoms with Gasteiger partial charge in [-0.1, -0.05) is 112 Å². The van der Waals surface area contributed by atoms with Crippen LogP contribution >= 0.6 is 0 Å². The first-order valence-electron chi connectivity index (χ1n) is 9.11. The van der Waals surface area contributed by atoms with Crippen molar-refractivity contribution in [3.8, 4) is 0 Å². The van der Waals surface area contributed by atoms with Crippen LogP contribution in [0.25, 0.3) is 0 Å². The van der Waals surface area contributed by atoms with Gasteiger partial charge in [-0.15, -0.1) is 0 Å². The number of hydrogen-bond acceptors (Lipinski definition) is 0. The van der Waals surface area contributed by atoms with Crippen LogP contribution in [0.4, 0.5) is 0 Å². The van der Waals surface area contributed by atoms with E-state index in [-0.39, 0.29) is 0 Å². The minimum atomic E-state index is -1.31. The molecule has 0 aromatic heterocycles. The SMILES string of the molecule is CC[Si](CC)(CC)c1cccc(C)c1[Si](CC)(CC)CC. The number of benzene rings is 1. The second-order valence-electron chi connectivity index (χ2n) is 6.68. The van der Waals surface area contributed by atoms with E-state index in [1.807, 2.05) is 10.4 Å². The number of aryl methyl sites for hydroxylation is 1. The second kappa shape index (κ2) is 7.78. The topological polar surface area (TPSA) is 0 Å². The number of hydrogen-bond donors (Lipinski definition) is 0. The molecule has 0 N–H and O–H groups in total. The molecule has 1 rings (SSSR count). The molecule has 1 aromatic carbocycles. The highest BCUT2D eigenvalue weighted by Gasteiger charge is 2.39. The van der Waals surface area contributed by atoms with Crippen LogP contribution in [-0.4, -0.2) is 16.1 Å². The lowest BCUT2D eigenvalue weighted by molar-refractivity contribution is 1.18. The molecule has 0 aliphatic carbocycles. The Hall–Kier alpha value is -0.346. The van der Waals surface area contributed by atoms with Crippen LogP contribution in [0.1, 0.15) is 47.1 Å². The zero-order valence-corrected chi connectivity index (χ0v) is 17.5. The van der Waals surface area contributed by atoms with Crippen molar-refractivity contribution in [1.29, 1.82) is 0 Å². The lowest BCUT2D eigenvalue weighted by Crippen LogP contribution is -2.62. The van der Waals surface area contributed by atoms with Crippen LogP contribution in [0.3, 0.4) is 0 Å². The van der Waals surface area contributed by atoms with Crippen molar-refractivity contribution in [3.05, 3.63) is 23.8 Å². The van der Waals surface area contributed by atoms with Gasteiger partial charge in [-0.3, -0.25) is 0 Å². The molecule has 0 heterocycles. The van der Waals surface area contributed by atoms with E-state index in [0.29, 0.717) is 0 Å². The molecular formula is C19H36Si2. The third-order valence-electron chi connectivity index (χ3n) is 6.44. The summed E-state index contributed by atoms with van der Waals surface area (Å²) in [6, 6.07) is 15.6. The Labute approximate surface area is 135 Å². The van der Waals surface area contributed by atoms with Crippen molar-refractivity contribution < 1.29 is 0 Å². The molecule has 0 saturated heterocycles. The van der Waals surface area contributed by atoms with Crippen molar-refractivity contribution in [1.82, 2.24) is 0 Å². The van der Waals surface area contributed by atoms with Gasteiger partial charge >= 0.3 is 0 Å². The minimum Gasteiger partial charge on any atom is -0.0675 e. The van der Waals surface area contributed by atoms with Crippen LogP contribution in [0, 0.1) is 6.92 Å². The van der Waals surface area contributed by atoms with Crippen molar-refractivity contribution in [2.45, 2.75) is 84.7 Å². The summed E-state index contributed by atoms with van der Waals surface area (Å²) in [6.45, 7) is 17.0.